The highest BCUT2D eigenvalue weighted by molar-refractivity contribution is 6.30. The van der Waals surface area contributed by atoms with Crippen molar-refractivity contribution < 1.29 is 32.2 Å². The summed E-state index contributed by atoms with van der Waals surface area (Å²) in [6.45, 7) is 5.54. The maximum Gasteiger partial charge on any atom is 0.416 e. The van der Waals surface area contributed by atoms with Crippen molar-refractivity contribution in [2.45, 2.75) is 51.5 Å². The van der Waals surface area contributed by atoms with Crippen molar-refractivity contribution in [2.75, 3.05) is 13.7 Å². The van der Waals surface area contributed by atoms with Gasteiger partial charge in [-0.1, -0.05) is 17.7 Å². The topological polar surface area (TPSA) is 62.6 Å². The smallest absolute Gasteiger partial charge is 0.416 e. The largest absolute Gasteiger partial charge is 0.493 e. The SMILES string of the molecule is COC(=O)C(OC(C)(C)C)c1c(C(F)(F)F)ccc(-n2cc(Cl)cn2)c1-c1ccc2c(c1)CCCO2. The van der Waals surface area contributed by atoms with Crippen LogP contribution in [0.4, 0.5) is 13.2 Å². The monoisotopic (exact) mass is 522 g/mol. The Bertz CT molecular complexity index is 1280. The molecule has 1 aliphatic rings. The van der Waals surface area contributed by atoms with Gasteiger partial charge in [-0.25, -0.2) is 9.48 Å². The molecule has 10 heteroatoms. The van der Waals surface area contributed by atoms with E-state index in [0.29, 0.717) is 35.1 Å². The van der Waals surface area contributed by atoms with Gasteiger partial charge in [-0.15, -0.1) is 0 Å². The molecular weight excluding hydrogens is 497 g/mol. The first-order valence-corrected chi connectivity index (χ1v) is 11.7. The summed E-state index contributed by atoms with van der Waals surface area (Å²) in [6, 6.07) is 7.42. The van der Waals surface area contributed by atoms with Crippen LogP contribution in [0.2, 0.25) is 5.02 Å². The number of aromatic nitrogens is 2. The number of hydrogen-bond acceptors (Lipinski definition) is 5. The van der Waals surface area contributed by atoms with E-state index < -0.39 is 29.4 Å². The second-order valence-corrected chi connectivity index (χ2v) is 9.87. The third kappa shape index (κ3) is 5.37. The number of rotatable bonds is 5. The molecule has 0 radical (unpaired) electrons. The summed E-state index contributed by atoms with van der Waals surface area (Å²) < 4.78 is 61.3. The number of esters is 1. The van der Waals surface area contributed by atoms with Crippen molar-refractivity contribution in [3.05, 3.63) is 64.4 Å². The van der Waals surface area contributed by atoms with Crippen molar-refractivity contribution >= 4 is 17.6 Å². The molecule has 0 bridgehead atoms. The lowest BCUT2D eigenvalue weighted by Crippen LogP contribution is -2.30. The quantitative estimate of drug-likeness (QED) is 0.355. The minimum Gasteiger partial charge on any atom is -0.493 e. The second kappa shape index (κ2) is 9.78. The van der Waals surface area contributed by atoms with Gasteiger partial charge >= 0.3 is 12.1 Å². The molecule has 0 N–H and O–H groups in total. The molecule has 6 nitrogen and oxygen atoms in total. The van der Waals surface area contributed by atoms with E-state index in [1.807, 2.05) is 0 Å². The van der Waals surface area contributed by atoms with Gasteiger partial charge in [-0.2, -0.15) is 18.3 Å². The molecule has 2 heterocycles. The number of methoxy groups -OCH3 is 1. The summed E-state index contributed by atoms with van der Waals surface area (Å²) in [6.07, 6.45) is -2.09. The Morgan fingerprint density at radius 2 is 1.94 bits per heavy atom. The van der Waals surface area contributed by atoms with Gasteiger partial charge in [0.15, 0.2) is 6.10 Å². The number of fused-ring (bicyclic) bond motifs is 1. The van der Waals surface area contributed by atoms with Crippen LogP contribution in [0.1, 0.15) is 50.0 Å². The molecule has 0 saturated carbocycles. The first-order valence-electron chi connectivity index (χ1n) is 11.4. The minimum absolute atomic E-state index is 0.137. The van der Waals surface area contributed by atoms with Crippen LogP contribution in [0.3, 0.4) is 0 Å². The Morgan fingerprint density at radius 3 is 2.56 bits per heavy atom. The van der Waals surface area contributed by atoms with Crippen molar-refractivity contribution in [3.8, 4) is 22.6 Å². The maximum absolute atomic E-state index is 14.4. The first kappa shape index (κ1) is 26.0. The average Bonchev–Trinajstić information content (AvgIpc) is 3.25. The lowest BCUT2D eigenvalue weighted by Gasteiger charge is -2.30. The van der Waals surface area contributed by atoms with E-state index in [-0.39, 0.29) is 11.1 Å². The highest BCUT2D eigenvalue weighted by Gasteiger charge is 2.42. The summed E-state index contributed by atoms with van der Waals surface area (Å²) in [5, 5.41) is 4.52. The number of nitrogens with zero attached hydrogens (tertiary/aromatic N) is 2. The fraction of sp³-hybridized carbons (Fsp3) is 0.385. The normalized spacial score (nSPS) is 14.7. The Balaban J connectivity index is 2.10. The van der Waals surface area contributed by atoms with Gasteiger partial charge in [0.25, 0.3) is 0 Å². The second-order valence-electron chi connectivity index (χ2n) is 9.43. The summed E-state index contributed by atoms with van der Waals surface area (Å²) in [4.78, 5) is 13.0. The van der Waals surface area contributed by atoms with Crippen LogP contribution in [-0.4, -0.2) is 35.1 Å². The summed E-state index contributed by atoms with van der Waals surface area (Å²) >= 11 is 6.09. The zero-order valence-corrected chi connectivity index (χ0v) is 21.0. The van der Waals surface area contributed by atoms with E-state index in [0.717, 1.165) is 25.2 Å². The van der Waals surface area contributed by atoms with Gasteiger partial charge in [0.1, 0.15) is 5.75 Å². The van der Waals surface area contributed by atoms with E-state index in [2.05, 4.69) is 5.10 Å². The number of ether oxygens (including phenoxy) is 3. The molecule has 3 aromatic rings. The number of hydrogen-bond donors (Lipinski definition) is 0. The zero-order chi connectivity index (χ0) is 26.3. The average molecular weight is 523 g/mol. The van der Waals surface area contributed by atoms with Crippen LogP contribution in [0.25, 0.3) is 16.8 Å². The fourth-order valence-corrected chi connectivity index (χ4v) is 4.39. The van der Waals surface area contributed by atoms with E-state index in [4.69, 9.17) is 25.8 Å². The molecule has 0 fully saturated rings. The molecule has 1 atom stereocenters. The molecule has 0 aliphatic carbocycles. The van der Waals surface area contributed by atoms with E-state index >= 15 is 0 Å². The number of benzene rings is 2. The fourth-order valence-electron chi connectivity index (χ4n) is 4.26. The van der Waals surface area contributed by atoms with Gasteiger partial charge < -0.3 is 14.2 Å². The highest BCUT2D eigenvalue weighted by atomic mass is 35.5. The van der Waals surface area contributed by atoms with Crippen LogP contribution in [0.15, 0.2) is 42.7 Å². The maximum atomic E-state index is 14.4. The van der Waals surface area contributed by atoms with Gasteiger partial charge in [0.2, 0.25) is 0 Å². The van der Waals surface area contributed by atoms with Crippen LogP contribution in [0.5, 0.6) is 5.75 Å². The summed E-state index contributed by atoms with van der Waals surface area (Å²) in [5.74, 6) is -0.272. The number of carbonyl (C=O) groups excluding carboxylic acids is 1. The lowest BCUT2D eigenvalue weighted by molar-refractivity contribution is -0.166. The van der Waals surface area contributed by atoms with Crippen LogP contribution in [-0.2, 0) is 26.9 Å². The van der Waals surface area contributed by atoms with Crippen molar-refractivity contribution in [2.24, 2.45) is 0 Å². The third-order valence-corrected chi connectivity index (χ3v) is 5.87. The molecule has 36 heavy (non-hydrogen) atoms. The van der Waals surface area contributed by atoms with Crippen molar-refractivity contribution in [1.29, 1.82) is 0 Å². The Kier molecular flexibility index (Phi) is 7.07. The molecule has 1 aromatic heterocycles. The van der Waals surface area contributed by atoms with Crippen LogP contribution < -0.4 is 4.74 Å². The van der Waals surface area contributed by atoms with E-state index in [1.54, 1.807) is 39.0 Å². The van der Waals surface area contributed by atoms with Gasteiger partial charge in [0.05, 0.1) is 41.8 Å². The summed E-state index contributed by atoms with van der Waals surface area (Å²) in [7, 11) is 1.11. The van der Waals surface area contributed by atoms with E-state index in [1.165, 1.54) is 23.1 Å². The summed E-state index contributed by atoms with van der Waals surface area (Å²) in [5.41, 5.74) is -0.580. The molecule has 4 rings (SSSR count). The first-order chi connectivity index (χ1) is 16.9. The van der Waals surface area contributed by atoms with Gasteiger partial charge in [-0.3, -0.25) is 0 Å². The number of halogens is 4. The third-order valence-electron chi connectivity index (χ3n) is 5.67. The standard InChI is InChI=1S/C26H26ClF3N2O4/c1-25(2,3)36-23(24(33)34-4)22-18(26(28,29)30)8-9-19(32-14-17(27)13-31-32)21(22)16-7-10-20-15(12-16)6-5-11-35-20/h7-10,12-14,23H,5-6,11H2,1-4H3. The van der Waals surface area contributed by atoms with Crippen molar-refractivity contribution in [1.82, 2.24) is 9.78 Å². The van der Waals surface area contributed by atoms with Gasteiger partial charge in [0, 0.05) is 17.3 Å². The lowest BCUT2D eigenvalue weighted by atomic mass is 9.88. The Morgan fingerprint density at radius 1 is 1.19 bits per heavy atom. The number of alkyl halides is 3. The van der Waals surface area contributed by atoms with Crippen LogP contribution in [0, 0.1) is 0 Å². The molecular formula is C26H26ClF3N2O4. The molecule has 1 unspecified atom stereocenters. The Hall–Kier alpha value is -3.04. The van der Waals surface area contributed by atoms with E-state index in [9.17, 15) is 18.0 Å². The molecule has 0 amide bonds. The predicted molar refractivity (Wildman–Crippen MR) is 128 cm³/mol. The van der Waals surface area contributed by atoms with Crippen LogP contribution >= 0.6 is 11.6 Å². The highest BCUT2D eigenvalue weighted by Crippen LogP contribution is 2.46. The molecule has 192 valence electrons. The number of aryl methyl sites for hydroxylation is 1. The molecule has 1 aliphatic heterocycles. The predicted octanol–water partition coefficient (Wildman–Crippen LogP) is 6.57. The molecule has 2 aromatic carbocycles. The van der Waals surface area contributed by atoms with Gasteiger partial charge in [-0.05, 0) is 69.0 Å². The molecule has 0 saturated heterocycles. The minimum atomic E-state index is -4.78. The van der Waals surface area contributed by atoms with Crippen molar-refractivity contribution in [3.63, 3.8) is 0 Å². The Labute approximate surface area is 211 Å². The molecule has 0 spiro atoms. The zero-order valence-electron chi connectivity index (χ0n) is 20.3. The number of carbonyl (C=O) groups is 1.